The first-order valence-corrected chi connectivity index (χ1v) is 11.2. The second-order valence-corrected chi connectivity index (χ2v) is 8.18. The van der Waals surface area contributed by atoms with Gasteiger partial charge in [-0.3, -0.25) is 19.5 Å². The van der Waals surface area contributed by atoms with Crippen molar-refractivity contribution in [3.05, 3.63) is 60.4 Å². The lowest BCUT2D eigenvalue weighted by Crippen LogP contribution is -2.53. The number of hydrogen-bond donors (Lipinski definition) is 3. The van der Waals surface area contributed by atoms with Crippen LogP contribution in [0.25, 0.3) is 5.69 Å². The van der Waals surface area contributed by atoms with Gasteiger partial charge in [-0.1, -0.05) is 42.1 Å². The fraction of sp³-hybridized carbons (Fsp3) is 0.227. The lowest BCUT2D eigenvalue weighted by molar-refractivity contribution is -0.121. The Morgan fingerprint density at radius 2 is 1.91 bits per heavy atom. The number of carbonyl (C=O) groups excluding carboxylic acids is 3. The summed E-state index contributed by atoms with van der Waals surface area (Å²) in [5, 5.41) is 16.9. The first-order chi connectivity index (χ1) is 16.0. The van der Waals surface area contributed by atoms with Gasteiger partial charge in [-0.25, -0.2) is 4.79 Å². The Morgan fingerprint density at radius 3 is 2.67 bits per heavy atom. The van der Waals surface area contributed by atoms with E-state index in [1.807, 2.05) is 47.0 Å². The molecule has 4 amide bonds. The third-order valence-corrected chi connectivity index (χ3v) is 5.81. The molecule has 2 aromatic carbocycles. The average molecular weight is 467 g/mol. The number of nitrogens with one attached hydrogen (secondary N) is 3. The number of benzene rings is 2. The number of methoxy groups -OCH3 is 1. The van der Waals surface area contributed by atoms with Gasteiger partial charge in [0.2, 0.25) is 11.8 Å². The Balaban J connectivity index is 1.51. The van der Waals surface area contributed by atoms with Crippen molar-refractivity contribution in [1.29, 1.82) is 0 Å². The summed E-state index contributed by atoms with van der Waals surface area (Å²) in [6, 6.07) is 15.7. The number of imide groups is 1. The SMILES string of the molecule is COc1ccccc1NC(=O)CSc1nnc(CC2CC(=O)NC(=O)N2)n1-c1ccccc1. The lowest BCUT2D eigenvalue weighted by Gasteiger charge is -2.23. The predicted molar refractivity (Wildman–Crippen MR) is 122 cm³/mol. The number of anilines is 1. The molecular formula is C22H22N6O4S. The predicted octanol–water partition coefficient (Wildman–Crippen LogP) is 2.15. The highest BCUT2D eigenvalue weighted by Crippen LogP contribution is 2.26. The molecule has 1 aliphatic rings. The van der Waals surface area contributed by atoms with E-state index in [1.165, 1.54) is 11.8 Å². The molecule has 1 atom stereocenters. The number of urea groups is 1. The Kier molecular flexibility index (Phi) is 6.89. The normalized spacial score (nSPS) is 15.5. The maximum Gasteiger partial charge on any atom is 0.321 e. The van der Waals surface area contributed by atoms with Crippen molar-refractivity contribution in [2.75, 3.05) is 18.2 Å². The highest BCUT2D eigenvalue weighted by atomic mass is 32.2. The van der Waals surface area contributed by atoms with Crippen molar-refractivity contribution in [2.24, 2.45) is 0 Å². The van der Waals surface area contributed by atoms with Crippen LogP contribution in [0.3, 0.4) is 0 Å². The van der Waals surface area contributed by atoms with Crippen LogP contribution < -0.4 is 20.7 Å². The first kappa shape index (κ1) is 22.3. The van der Waals surface area contributed by atoms with Crippen molar-refractivity contribution < 1.29 is 19.1 Å². The standard InChI is InChI=1S/C22H22N6O4S/c1-32-17-10-6-5-9-16(17)24-20(30)13-33-22-27-26-18(28(22)15-7-3-2-4-8-15)11-14-12-19(29)25-21(31)23-14/h2-10,14H,11-13H2,1H3,(H,24,30)(H2,23,25,29,31). The summed E-state index contributed by atoms with van der Waals surface area (Å²) in [7, 11) is 1.54. The van der Waals surface area contributed by atoms with E-state index < -0.39 is 12.1 Å². The molecule has 0 spiro atoms. The zero-order valence-electron chi connectivity index (χ0n) is 17.8. The number of thioether (sulfide) groups is 1. The minimum Gasteiger partial charge on any atom is -0.495 e. The summed E-state index contributed by atoms with van der Waals surface area (Å²) >= 11 is 1.24. The molecule has 10 nitrogen and oxygen atoms in total. The summed E-state index contributed by atoms with van der Waals surface area (Å²) in [5.74, 6) is 0.700. The molecule has 11 heteroatoms. The highest BCUT2D eigenvalue weighted by Gasteiger charge is 2.27. The summed E-state index contributed by atoms with van der Waals surface area (Å²) in [6.45, 7) is 0. The first-order valence-electron chi connectivity index (χ1n) is 10.2. The van der Waals surface area contributed by atoms with Crippen LogP contribution in [0.2, 0.25) is 0 Å². The fourth-order valence-electron chi connectivity index (χ4n) is 3.44. The number of aromatic nitrogens is 3. The number of amides is 4. The van der Waals surface area contributed by atoms with Gasteiger partial charge >= 0.3 is 6.03 Å². The molecule has 0 bridgehead atoms. The van der Waals surface area contributed by atoms with Crippen molar-refractivity contribution in [2.45, 2.75) is 24.0 Å². The number of carbonyl (C=O) groups is 3. The van der Waals surface area contributed by atoms with Gasteiger partial charge in [0.15, 0.2) is 5.16 Å². The molecule has 1 aromatic heterocycles. The number of nitrogens with zero attached hydrogens (tertiary/aromatic N) is 3. The monoisotopic (exact) mass is 466 g/mol. The minimum absolute atomic E-state index is 0.103. The van der Waals surface area contributed by atoms with E-state index in [0.29, 0.717) is 28.8 Å². The van der Waals surface area contributed by atoms with Crippen molar-refractivity contribution in [1.82, 2.24) is 25.4 Å². The molecule has 4 rings (SSSR count). The van der Waals surface area contributed by atoms with Gasteiger partial charge < -0.3 is 15.4 Å². The van der Waals surface area contributed by atoms with E-state index in [0.717, 1.165) is 5.69 Å². The Morgan fingerprint density at radius 1 is 1.15 bits per heavy atom. The van der Waals surface area contributed by atoms with Crippen LogP contribution in [0.5, 0.6) is 5.75 Å². The van der Waals surface area contributed by atoms with Gasteiger partial charge in [-0.15, -0.1) is 10.2 Å². The molecular weight excluding hydrogens is 444 g/mol. The van der Waals surface area contributed by atoms with Crippen molar-refractivity contribution in [3.8, 4) is 11.4 Å². The molecule has 0 radical (unpaired) electrons. The lowest BCUT2D eigenvalue weighted by atomic mass is 10.1. The van der Waals surface area contributed by atoms with Crippen molar-refractivity contribution >= 4 is 35.3 Å². The molecule has 1 aliphatic heterocycles. The smallest absolute Gasteiger partial charge is 0.321 e. The molecule has 1 unspecified atom stereocenters. The second-order valence-electron chi connectivity index (χ2n) is 7.23. The summed E-state index contributed by atoms with van der Waals surface area (Å²) < 4.78 is 7.10. The van der Waals surface area contributed by atoms with Gasteiger partial charge in [0.05, 0.1) is 18.6 Å². The molecule has 1 fully saturated rings. The van der Waals surface area contributed by atoms with E-state index in [2.05, 4.69) is 26.1 Å². The maximum atomic E-state index is 12.6. The van der Waals surface area contributed by atoms with E-state index in [-0.39, 0.29) is 24.0 Å². The van der Waals surface area contributed by atoms with Crippen LogP contribution in [0.1, 0.15) is 12.2 Å². The van der Waals surface area contributed by atoms with E-state index >= 15 is 0 Å². The van der Waals surface area contributed by atoms with Gasteiger partial charge in [0.1, 0.15) is 11.6 Å². The molecule has 3 aromatic rings. The zero-order valence-corrected chi connectivity index (χ0v) is 18.6. The van der Waals surface area contributed by atoms with E-state index in [1.54, 1.807) is 19.2 Å². The quantitative estimate of drug-likeness (QED) is 0.434. The average Bonchev–Trinajstić information content (AvgIpc) is 3.20. The third-order valence-electron chi connectivity index (χ3n) is 4.88. The van der Waals surface area contributed by atoms with Crippen molar-refractivity contribution in [3.63, 3.8) is 0 Å². The van der Waals surface area contributed by atoms with E-state index in [9.17, 15) is 14.4 Å². The number of hydrogen-bond acceptors (Lipinski definition) is 7. The molecule has 0 aliphatic carbocycles. The van der Waals surface area contributed by atoms with Gasteiger partial charge in [-0.2, -0.15) is 0 Å². The number of rotatable bonds is 8. The van der Waals surface area contributed by atoms with Crippen LogP contribution >= 0.6 is 11.8 Å². The third kappa shape index (κ3) is 5.50. The molecule has 3 N–H and O–H groups in total. The molecule has 33 heavy (non-hydrogen) atoms. The molecule has 170 valence electrons. The zero-order chi connectivity index (χ0) is 23.2. The largest absolute Gasteiger partial charge is 0.495 e. The van der Waals surface area contributed by atoms with Crippen LogP contribution in [-0.2, 0) is 16.0 Å². The fourth-order valence-corrected chi connectivity index (χ4v) is 4.22. The summed E-state index contributed by atoms with van der Waals surface area (Å²) in [5.41, 5.74) is 1.40. The molecule has 0 saturated carbocycles. The van der Waals surface area contributed by atoms with Gasteiger partial charge in [-0.05, 0) is 24.3 Å². The van der Waals surface area contributed by atoms with Gasteiger partial charge in [0, 0.05) is 24.6 Å². The van der Waals surface area contributed by atoms with Crippen LogP contribution in [0.4, 0.5) is 10.5 Å². The van der Waals surface area contributed by atoms with Crippen LogP contribution in [0, 0.1) is 0 Å². The number of para-hydroxylation sites is 3. The Hall–Kier alpha value is -3.86. The molecule has 2 heterocycles. The van der Waals surface area contributed by atoms with Crippen LogP contribution in [-0.4, -0.2) is 51.5 Å². The van der Waals surface area contributed by atoms with E-state index in [4.69, 9.17) is 4.74 Å². The summed E-state index contributed by atoms with van der Waals surface area (Å²) in [4.78, 5) is 36.0. The topological polar surface area (TPSA) is 127 Å². The Bertz CT molecular complexity index is 1150. The van der Waals surface area contributed by atoms with Gasteiger partial charge in [0.25, 0.3) is 0 Å². The Labute approximate surface area is 194 Å². The second kappa shape index (κ2) is 10.2. The highest BCUT2D eigenvalue weighted by molar-refractivity contribution is 7.99. The minimum atomic E-state index is -0.523. The number of ether oxygens (including phenoxy) is 1. The van der Waals surface area contributed by atoms with Crippen LogP contribution in [0.15, 0.2) is 59.8 Å². The maximum absolute atomic E-state index is 12.6. The molecule has 1 saturated heterocycles. The summed E-state index contributed by atoms with van der Waals surface area (Å²) in [6.07, 6.45) is 0.464.